The van der Waals surface area contributed by atoms with Crippen LogP contribution in [0.5, 0.6) is 0 Å². The van der Waals surface area contributed by atoms with E-state index in [1.54, 1.807) is 17.3 Å². The summed E-state index contributed by atoms with van der Waals surface area (Å²) in [4.78, 5) is 17.5. The maximum absolute atomic E-state index is 12.0. The molecule has 1 unspecified atom stereocenters. The van der Waals surface area contributed by atoms with Gasteiger partial charge in [-0.15, -0.1) is 0 Å². The molecule has 88 valence electrons. The normalized spacial score (nSPS) is 12.6. The van der Waals surface area contributed by atoms with E-state index in [0.29, 0.717) is 12.5 Å². The minimum absolute atomic E-state index is 0.112. The highest BCUT2D eigenvalue weighted by molar-refractivity contribution is 9.10. The molecule has 1 heterocycles. The van der Waals surface area contributed by atoms with Gasteiger partial charge in [0.05, 0.1) is 4.83 Å². The van der Waals surface area contributed by atoms with E-state index in [1.807, 2.05) is 33.0 Å². The molecule has 0 saturated heterocycles. The average Bonchev–Trinajstić information content (AvgIpc) is 2.28. The fourth-order valence-corrected chi connectivity index (χ4v) is 1.69. The van der Waals surface area contributed by atoms with Gasteiger partial charge in [-0.3, -0.25) is 9.78 Å². The van der Waals surface area contributed by atoms with Gasteiger partial charge in [0, 0.05) is 26.0 Å². The maximum Gasteiger partial charge on any atom is 0.236 e. The molecule has 1 rings (SSSR count). The molecule has 0 aliphatic rings. The van der Waals surface area contributed by atoms with E-state index in [2.05, 4.69) is 20.9 Å². The van der Waals surface area contributed by atoms with Crippen molar-refractivity contribution in [1.29, 1.82) is 0 Å². The number of carbonyl (C=O) groups excluding carboxylic acids is 1. The van der Waals surface area contributed by atoms with Gasteiger partial charge in [0.2, 0.25) is 5.91 Å². The third-order valence-electron chi connectivity index (χ3n) is 2.37. The van der Waals surface area contributed by atoms with Gasteiger partial charge in [0.15, 0.2) is 0 Å². The van der Waals surface area contributed by atoms with Gasteiger partial charge >= 0.3 is 0 Å². The zero-order chi connectivity index (χ0) is 12.1. The van der Waals surface area contributed by atoms with E-state index < -0.39 is 0 Å². The minimum Gasteiger partial charge on any atom is -0.340 e. The van der Waals surface area contributed by atoms with E-state index in [4.69, 9.17) is 0 Å². The van der Waals surface area contributed by atoms with Crippen molar-refractivity contribution in [3.05, 3.63) is 30.1 Å². The molecule has 1 aromatic heterocycles. The lowest BCUT2D eigenvalue weighted by atomic mass is 10.1. The van der Waals surface area contributed by atoms with Crippen LogP contribution in [0.4, 0.5) is 0 Å². The largest absolute Gasteiger partial charge is 0.340 e. The molecule has 0 fully saturated rings. The van der Waals surface area contributed by atoms with E-state index in [1.165, 1.54) is 0 Å². The number of halogens is 1. The van der Waals surface area contributed by atoms with E-state index in [9.17, 15) is 4.79 Å². The van der Waals surface area contributed by atoms with Gasteiger partial charge in [-0.05, 0) is 23.6 Å². The third-order valence-corrected chi connectivity index (χ3v) is 3.82. The van der Waals surface area contributed by atoms with Gasteiger partial charge in [-0.1, -0.05) is 29.8 Å². The Kier molecular flexibility index (Phi) is 4.93. The molecule has 1 amide bonds. The number of carbonyl (C=O) groups is 1. The number of pyridine rings is 1. The molecule has 0 aliphatic carbocycles. The first-order valence-corrected chi connectivity index (χ1v) is 6.22. The Morgan fingerprint density at radius 2 is 2.00 bits per heavy atom. The highest BCUT2D eigenvalue weighted by Crippen LogP contribution is 2.15. The predicted molar refractivity (Wildman–Crippen MR) is 68.3 cm³/mol. The van der Waals surface area contributed by atoms with Gasteiger partial charge in [0.25, 0.3) is 0 Å². The number of amides is 1. The zero-order valence-electron chi connectivity index (χ0n) is 9.85. The Morgan fingerprint density at radius 3 is 2.50 bits per heavy atom. The van der Waals surface area contributed by atoms with E-state index >= 15 is 0 Å². The molecule has 0 aromatic carbocycles. The number of nitrogens with zero attached hydrogens (tertiary/aromatic N) is 2. The smallest absolute Gasteiger partial charge is 0.236 e. The Hall–Kier alpha value is -0.900. The fourth-order valence-electron chi connectivity index (χ4n) is 1.34. The van der Waals surface area contributed by atoms with Crippen LogP contribution < -0.4 is 0 Å². The van der Waals surface area contributed by atoms with Crippen LogP contribution in [-0.2, 0) is 11.3 Å². The lowest BCUT2D eigenvalue weighted by molar-refractivity contribution is -0.130. The molecule has 1 aromatic rings. The van der Waals surface area contributed by atoms with Crippen molar-refractivity contribution in [3.8, 4) is 0 Å². The van der Waals surface area contributed by atoms with Gasteiger partial charge in [0.1, 0.15) is 0 Å². The predicted octanol–water partition coefficient (Wildman–Crippen LogP) is 2.46. The summed E-state index contributed by atoms with van der Waals surface area (Å²) >= 11 is 3.42. The van der Waals surface area contributed by atoms with Crippen LogP contribution in [0, 0.1) is 5.92 Å². The molecule has 4 heteroatoms. The van der Waals surface area contributed by atoms with Crippen molar-refractivity contribution in [3.63, 3.8) is 0 Å². The second-order valence-electron chi connectivity index (χ2n) is 4.20. The van der Waals surface area contributed by atoms with Crippen molar-refractivity contribution in [2.45, 2.75) is 25.2 Å². The SMILES string of the molecule is CC(C)C(Br)C(=O)N(C)Cc1ccncc1. The van der Waals surface area contributed by atoms with Crippen molar-refractivity contribution in [2.24, 2.45) is 5.92 Å². The van der Waals surface area contributed by atoms with Crippen molar-refractivity contribution in [1.82, 2.24) is 9.88 Å². The lowest BCUT2D eigenvalue weighted by Gasteiger charge is -2.22. The van der Waals surface area contributed by atoms with Crippen molar-refractivity contribution >= 4 is 21.8 Å². The molecule has 16 heavy (non-hydrogen) atoms. The van der Waals surface area contributed by atoms with Crippen molar-refractivity contribution in [2.75, 3.05) is 7.05 Å². The molecule has 1 atom stereocenters. The molecule has 0 radical (unpaired) electrons. The quantitative estimate of drug-likeness (QED) is 0.796. The lowest BCUT2D eigenvalue weighted by Crippen LogP contribution is -2.35. The standard InChI is InChI=1S/C12H17BrN2O/c1-9(2)11(13)12(16)15(3)8-10-4-6-14-7-5-10/h4-7,9,11H,8H2,1-3H3. The zero-order valence-corrected chi connectivity index (χ0v) is 11.4. The van der Waals surface area contributed by atoms with Crippen LogP contribution >= 0.6 is 15.9 Å². The highest BCUT2D eigenvalue weighted by atomic mass is 79.9. The van der Waals surface area contributed by atoms with E-state index in [0.717, 1.165) is 5.56 Å². The Morgan fingerprint density at radius 1 is 1.44 bits per heavy atom. The summed E-state index contributed by atoms with van der Waals surface area (Å²) in [6, 6.07) is 3.84. The molecule has 0 bridgehead atoms. The Bertz CT molecular complexity index is 340. The Balaban J connectivity index is 2.59. The van der Waals surface area contributed by atoms with Crippen LogP contribution in [0.2, 0.25) is 0 Å². The average molecular weight is 285 g/mol. The number of hydrogen-bond donors (Lipinski definition) is 0. The second kappa shape index (κ2) is 5.99. The number of rotatable bonds is 4. The summed E-state index contributed by atoms with van der Waals surface area (Å²) in [6.07, 6.45) is 3.48. The van der Waals surface area contributed by atoms with Gasteiger partial charge in [-0.25, -0.2) is 0 Å². The van der Waals surface area contributed by atoms with E-state index in [-0.39, 0.29) is 10.7 Å². The summed E-state index contributed by atoms with van der Waals surface area (Å²) in [7, 11) is 1.82. The third kappa shape index (κ3) is 3.59. The van der Waals surface area contributed by atoms with Crippen LogP contribution in [-0.4, -0.2) is 27.7 Å². The summed E-state index contributed by atoms with van der Waals surface area (Å²) in [5.74, 6) is 0.416. The summed E-state index contributed by atoms with van der Waals surface area (Å²) in [5.41, 5.74) is 1.09. The van der Waals surface area contributed by atoms with Crippen LogP contribution in [0.3, 0.4) is 0 Å². The number of alkyl halides is 1. The fraction of sp³-hybridized carbons (Fsp3) is 0.500. The van der Waals surface area contributed by atoms with Crippen molar-refractivity contribution < 1.29 is 4.79 Å². The minimum atomic E-state index is -0.112. The maximum atomic E-state index is 12.0. The van der Waals surface area contributed by atoms with Gasteiger partial charge < -0.3 is 4.90 Å². The molecule has 3 nitrogen and oxygen atoms in total. The Labute approximate surface area is 105 Å². The molecular formula is C12H17BrN2O. The summed E-state index contributed by atoms with van der Waals surface area (Å²) in [6.45, 7) is 4.67. The molecule has 0 saturated carbocycles. The second-order valence-corrected chi connectivity index (χ2v) is 5.18. The first-order chi connectivity index (χ1) is 7.52. The summed E-state index contributed by atoms with van der Waals surface area (Å²) in [5, 5.41) is 0. The highest BCUT2D eigenvalue weighted by Gasteiger charge is 2.21. The monoisotopic (exact) mass is 284 g/mol. The molecule has 0 N–H and O–H groups in total. The van der Waals surface area contributed by atoms with Crippen LogP contribution in [0.15, 0.2) is 24.5 Å². The summed E-state index contributed by atoms with van der Waals surface area (Å²) < 4.78 is 0. The molecule has 0 aliphatic heterocycles. The molecular weight excluding hydrogens is 268 g/mol. The first-order valence-electron chi connectivity index (χ1n) is 5.30. The van der Waals surface area contributed by atoms with Gasteiger partial charge in [-0.2, -0.15) is 0 Å². The first kappa shape index (κ1) is 13.2. The van der Waals surface area contributed by atoms with Crippen LogP contribution in [0.25, 0.3) is 0 Å². The number of hydrogen-bond acceptors (Lipinski definition) is 2. The topological polar surface area (TPSA) is 33.2 Å². The molecule has 0 spiro atoms. The van der Waals surface area contributed by atoms with Crippen LogP contribution in [0.1, 0.15) is 19.4 Å². The number of aromatic nitrogens is 1.